The van der Waals surface area contributed by atoms with E-state index in [1.54, 1.807) is 31.2 Å². The Balaban J connectivity index is 2.33. The van der Waals surface area contributed by atoms with Crippen LogP contribution in [-0.2, 0) is 4.79 Å². The molecular weight excluding hydrogens is 240 g/mol. The van der Waals surface area contributed by atoms with Crippen LogP contribution >= 0.6 is 11.6 Å². The molecule has 0 saturated heterocycles. The summed E-state index contributed by atoms with van der Waals surface area (Å²) in [5.74, 6) is -0.222. The van der Waals surface area contributed by atoms with Crippen molar-refractivity contribution in [2.45, 2.75) is 13.3 Å². The van der Waals surface area contributed by atoms with Crippen LogP contribution in [0.1, 0.15) is 23.7 Å². The van der Waals surface area contributed by atoms with E-state index >= 15 is 0 Å². The second-order valence-corrected chi connectivity index (χ2v) is 3.91. The molecule has 0 aliphatic rings. The van der Waals surface area contributed by atoms with E-state index in [1.165, 1.54) is 0 Å². The SMILES string of the molecule is CCC(=O)NCCNC(=O)c1cccc(Cl)c1. The molecular formula is C12H15ClN2O2. The van der Waals surface area contributed by atoms with Gasteiger partial charge in [0.05, 0.1) is 0 Å². The van der Waals surface area contributed by atoms with Crippen molar-refractivity contribution in [3.05, 3.63) is 34.9 Å². The van der Waals surface area contributed by atoms with E-state index < -0.39 is 0 Å². The molecule has 0 aromatic heterocycles. The minimum Gasteiger partial charge on any atom is -0.354 e. The largest absolute Gasteiger partial charge is 0.354 e. The van der Waals surface area contributed by atoms with Crippen molar-refractivity contribution in [1.29, 1.82) is 0 Å². The van der Waals surface area contributed by atoms with E-state index in [0.717, 1.165) is 0 Å². The molecule has 0 fully saturated rings. The topological polar surface area (TPSA) is 58.2 Å². The van der Waals surface area contributed by atoms with Crippen LogP contribution in [0.25, 0.3) is 0 Å². The predicted molar refractivity (Wildman–Crippen MR) is 67.1 cm³/mol. The number of amides is 2. The first-order chi connectivity index (χ1) is 8.13. The second-order valence-electron chi connectivity index (χ2n) is 3.47. The Morgan fingerprint density at radius 3 is 2.59 bits per heavy atom. The van der Waals surface area contributed by atoms with Gasteiger partial charge in [-0.2, -0.15) is 0 Å². The van der Waals surface area contributed by atoms with Gasteiger partial charge in [0.15, 0.2) is 0 Å². The monoisotopic (exact) mass is 254 g/mol. The lowest BCUT2D eigenvalue weighted by Crippen LogP contribution is -2.34. The van der Waals surface area contributed by atoms with Crippen molar-refractivity contribution in [2.75, 3.05) is 13.1 Å². The Morgan fingerprint density at radius 1 is 1.24 bits per heavy atom. The first-order valence-electron chi connectivity index (χ1n) is 5.44. The van der Waals surface area contributed by atoms with Gasteiger partial charge < -0.3 is 10.6 Å². The number of halogens is 1. The van der Waals surface area contributed by atoms with E-state index in [9.17, 15) is 9.59 Å². The van der Waals surface area contributed by atoms with E-state index in [4.69, 9.17) is 11.6 Å². The van der Waals surface area contributed by atoms with Crippen LogP contribution in [0.4, 0.5) is 0 Å². The maximum atomic E-state index is 11.6. The molecule has 0 unspecified atom stereocenters. The Morgan fingerprint density at radius 2 is 1.94 bits per heavy atom. The zero-order valence-corrected chi connectivity index (χ0v) is 10.4. The Hall–Kier alpha value is -1.55. The Bertz CT molecular complexity index is 407. The average Bonchev–Trinajstić information content (AvgIpc) is 2.34. The number of hydrogen-bond donors (Lipinski definition) is 2. The second kappa shape index (κ2) is 6.91. The molecule has 1 aromatic rings. The van der Waals surface area contributed by atoms with E-state index in [-0.39, 0.29) is 11.8 Å². The fourth-order valence-electron chi connectivity index (χ4n) is 1.23. The molecule has 92 valence electrons. The number of carbonyl (C=O) groups excluding carboxylic acids is 2. The van der Waals surface area contributed by atoms with Gasteiger partial charge in [0.25, 0.3) is 5.91 Å². The van der Waals surface area contributed by atoms with Gasteiger partial charge in [-0.15, -0.1) is 0 Å². The van der Waals surface area contributed by atoms with Gasteiger partial charge in [0.1, 0.15) is 0 Å². The zero-order valence-electron chi connectivity index (χ0n) is 9.63. The van der Waals surface area contributed by atoms with Crippen molar-refractivity contribution in [2.24, 2.45) is 0 Å². The van der Waals surface area contributed by atoms with Crippen LogP contribution in [0.15, 0.2) is 24.3 Å². The summed E-state index contributed by atoms with van der Waals surface area (Å²) < 4.78 is 0. The third kappa shape index (κ3) is 4.87. The van der Waals surface area contributed by atoms with Gasteiger partial charge >= 0.3 is 0 Å². The number of nitrogens with one attached hydrogen (secondary N) is 2. The molecule has 1 aromatic carbocycles. The molecule has 0 bridgehead atoms. The molecule has 0 aliphatic heterocycles. The molecule has 0 atom stereocenters. The highest BCUT2D eigenvalue weighted by Gasteiger charge is 2.04. The average molecular weight is 255 g/mol. The van der Waals surface area contributed by atoms with Crippen LogP contribution in [0.2, 0.25) is 5.02 Å². The molecule has 17 heavy (non-hydrogen) atoms. The minimum atomic E-state index is -0.196. The van der Waals surface area contributed by atoms with Crippen LogP contribution in [0, 0.1) is 0 Å². The molecule has 0 spiro atoms. The summed E-state index contributed by atoms with van der Waals surface area (Å²) in [6.45, 7) is 2.61. The van der Waals surface area contributed by atoms with Crippen molar-refractivity contribution in [3.8, 4) is 0 Å². The lowest BCUT2D eigenvalue weighted by molar-refractivity contribution is -0.120. The molecule has 0 radical (unpaired) electrons. The van der Waals surface area contributed by atoms with Crippen molar-refractivity contribution < 1.29 is 9.59 Å². The standard InChI is InChI=1S/C12H15ClN2O2/c1-2-11(16)14-6-7-15-12(17)9-4-3-5-10(13)8-9/h3-5,8H,2,6-7H2,1H3,(H,14,16)(H,15,17). The molecule has 1 rings (SSSR count). The third-order valence-corrected chi connectivity index (χ3v) is 2.38. The fraction of sp³-hybridized carbons (Fsp3) is 0.333. The summed E-state index contributed by atoms with van der Waals surface area (Å²) in [6.07, 6.45) is 0.447. The third-order valence-electron chi connectivity index (χ3n) is 2.14. The minimum absolute atomic E-state index is 0.0259. The first-order valence-corrected chi connectivity index (χ1v) is 5.81. The normalized spacial score (nSPS) is 9.76. The maximum absolute atomic E-state index is 11.6. The predicted octanol–water partition coefficient (Wildman–Crippen LogP) is 1.60. The highest BCUT2D eigenvalue weighted by atomic mass is 35.5. The van der Waals surface area contributed by atoms with E-state index in [1.807, 2.05) is 0 Å². The van der Waals surface area contributed by atoms with Crippen molar-refractivity contribution >= 4 is 23.4 Å². The van der Waals surface area contributed by atoms with Crippen LogP contribution in [0.5, 0.6) is 0 Å². The zero-order chi connectivity index (χ0) is 12.7. The summed E-state index contributed by atoms with van der Waals surface area (Å²) in [6, 6.07) is 6.71. The molecule has 2 N–H and O–H groups in total. The molecule has 0 heterocycles. The Kier molecular flexibility index (Phi) is 5.49. The number of benzene rings is 1. The number of hydrogen-bond acceptors (Lipinski definition) is 2. The lowest BCUT2D eigenvalue weighted by Gasteiger charge is -2.06. The summed E-state index contributed by atoms with van der Waals surface area (Å²) in [4.78, 5) is 22.6. The quantitative estimate of drug-likeness (QED) is 0.784. The van der Waals surface area contributed by atoms with Gasteiger partial charge in [0.2, 0.25) is 5.91 Å². The van der Waals surface area contributed by atoms with Gasteiger partial charge in [0, 0.05) is 30.1 Å². The van der Waals surface area contributed by atoms with Gasteiger partial charge in [-0.25, -0.2) is 0 Å². The summed E-state index contributed by atoms with van der Waals surface area (Å²) in [5.41, 5.74) is 0.513. The highest BCUT2D eigenvalue weighted by Crippen LogP contribution is 2.10. The fourth-order valence-corrected chi connectivity index (χ4v) is 1.43. The first kappa shape index (κ1) is 13.5. The van der Waals surface area contributed by atoms with Crippen molar-refractivity contribution in [3.63, 3.8) is 0 Å². The molecule has 2 amide bonds. The number of carbonyl (C=O) groups is 2. The van der Waals surface area contributed by atoms with Crippen LogP contribution in [0.3, 0.4) is 0 Å². The highest BCUT2D eigenvalue weighted by molar-refractivity contribution is 6.30. The smallest absolute Gasteiger partial charge is 0.251 e. The van der Waals surface area contributed by atoms with Gasteiger partial charge in [-0.3, -0.25) is 9.59 Å². The number of rotatable bonds is 5. The molecule has 4 nitrogen and oxygen atoms in total. The van der Waals surface area contributed by atoms with Crippen LogP contribution < -0.4 is 10.6 Å². The molecule has 0 saturated carbocycles. The van der Waals surface area contributed by atoms with Crippen LogP contribution in [-0.4, -0.2) is 24.9 Å². The van der Waals surface area contributed by atoms with E-state index in [2.05, 4.69) is 10.6 Å². The van der Waals surface area contributed by atoms with Gasteiger partial charge in [-0.05, 0) is 18.2 Å². The Labute approximate surface area is 105 Å². The molecule has 5 heteroatoms. The van der Waals surface area contributed by atoms with E-state index in [0.29, 0.717) is 30.1 Å². The summed E-state index contributed by atoms with van der Waals surface area (Å²) in [5, 5.41) is 5.89. The van der Waals surface area contributed by atoms with Gasteiger partial charge in [-0.1, -0.05) is 24.6 Å². The lowest BCUT2D eigenvalue weighted by atomic mass is 10.2. The molecule has 0 aliphatic carbocycles. The maximum Gasteiger partial charge on any atom is 0.251 e. The van der Waals surface area contributed by atoms with Crippen molar-refractivity contribution in [1.82, 2.24) is 10.6 Å². The summed E-state index contributed by atoms with van der Waals surface area (Å²) in [7, 11) is 0. The summed E-state index contributed by atoms with van der Waals surface area (Å²) >= 11 is 5.77.